The van der Waals surface area contributed by atoms with Crippen LogP contribution in [0, 0.1) is 5.41 Å². The van der Waals surface area contributed by atoms with Crippen molar-refractivity contribution in [3.05, 3.63) is 0 Å². The molecule has 0 aromatic rings. The number of carbonyl (C=O) groups is 4. The van der Waals surface area contributed by atoms with Crippen LogP contribution in [-0.2, 0) is 23.9 Å². The van der Waals surface area contributed by atoms with E-state index in [9.17, 15) is 19.2 Å². The zero-order valence-corrected chi connectivity index (χ0v) is 13.0. The van der Waals surface area contributed by atoms with Crippen LogP contribution in [0.15, 0.2) is 0 Å². The second-order valence-corrected chi connectivity index (χ2v) is 5.58. The summed E-state index contributed by atoms with van der Waals surface area (Å²) in [6.07, 6.45) is -3.42. The van der Waals surface area contributed by atoms with Crippen molar-refractivity contribution >= 4 is 23.9 Å². The number of rotatable bonds is 13. The first kappa shape index (κ1) is 21.8. The SMILES string of the molecule is O=C(O)CC(CCCC(=O)OCC(O)CO)(CC(=O)O)CC(=O)O. The fourth-order valence-corrected chi connectivity index (χ4v) is 2.34. The van der Waals surface area contributed by atoms with Crippen LogP contribution >= 0.6 is 0 Å². The van der Waals surface area contributed by atoms with E-state index < -0.39 is 67.9 Å². The molecule has 0 aromatic heterocycles. The molecule has 24 heavy (non-hydrogen) atoms. The van der Waals surface area contributed by atoms with Gasteiger partial charge in [-0.3, -0.25) is 19.2 Å². The molecule has 0 saturated carbocycles. The minimum Gasteiger partial charge on any atom is -0.481 e. The van der Waals surface area contributed by atoms with E-state index in [4.69, 9.17) is 25.5 Å². The van der Waals surface area contributed by atoms with Crippen molar-refractivity contribution in [2.24, 2.45) is 5.41 Å². The number of esters is 1. The Bertz CT molecular complexity index is 418. The lowest BCUT2D eigenvalue weighted by atomic mass is 9.74. The molecule has 1 atom stereocenters. The summed E-state index contributed by atoms with van der Waals surface area (Å²) in [5.41, 5.74) is -1.51. The highest BCUT2D eigenvalue weighted by atomic mass is 16.5. The van der Waals surface area contributed by atoms with Crippen molar-refractivity contribution in [2.45, 2.75) is 44.6 Å². The number of ether oxygens (including phenoxy) is 1. The van der Waals surface area contributed by atoms with Gasteiger partial charge in [-0.25, -0.2) is 0 Å². The van der Waals surface area contributed by atoms with Crippen LogP contribution in [0.5, 0.6) is 0 Å². The van der Waals surface area contributed by atoms with Crippen molar-refractivity contribution < 1.29 is 49.4 Å². The molecule has 0 rings (SSSR count). The van der Waals surface area contributed by atoms with Crippen molar-refractivity contribution in [1.82, 2.24) is 0 Å². The summed E-state index contributed by atoms with van der Waals surface area (Å²) in [4.78, 5) is 44.3. The Morgan fingerprint density at radius 1 is 0.917 bits per heavy atom. The Hall–Kier alpha value is -2.20. The molecule has 0 radical (unpaired) electrons. The van der Waals surface area contributed by atoms with E-state index in [0.29, 0.717) is 0 Å². The van der Waals surface area contributed by atoms with Crippen LogP contribution in [0.3, 0.4) is 0 Å². The van der Waals surface area contributed by atoms with E-state index in [-0.39, 0.29) is 19.3 Å². The van der Waals surface area contributed by atoms with Gasteiger partial charge in [0.2, 0.25) is 0 Å². The van der Waals surface area contributed by atoms with Gasteiger partial charge < -0.3 is 30.3 Å². The van der Waals surface area contributed by atoms with Crippen LogP contribution in [0.25, 0.3) is 0 Å². The number of carboxylic acids is 3. The van der Waals surface area contributed by atoms with Crippen LogP contribution in [0.1, 0.15) is 38.5 Å². The third-order valence-electron chi connectivity index (χ3n) is 3.31. The molecule has 0 aliphatic rings. The predicted octanol–water partition coefficient (Wildman–Crippen LogP) is -0.536. The second-order valence-electron chi connectivity index (χ2n) is 5.58. The minimum atomic E-state index is -1.51. The molecule has 0 aromatic carbocycles. The predicted molar refractivity (Wildman–Crippen MR) is 77.1 cm³/mol. The molecule has 10 nitrogen and oxygen atoms in total. The molecule has 0 fully saturated rings. The van der Waals surface area contributed by atoms with Gasteiger partial charge >= 0.3 is 23.9 Å². The Labute approximate surface area is 137 Å². The maximum Gasteiger partial charge on any atom is 0.305 e. The van der Waals surface area contributed by atoms with Crippen LogP contribution in [0.4, 0.5) is 0 Å². The monoisotopic (exact) mass is 350 g/mol. The Morgan fingerprint density at radius 3 is 1.75 bits per heavy atom. The lowest BCUT2D eigenvalue weighted by Crippen LogP contribution is -2.31. The highest BCUT2D eigenvalue weighted by Crippen LogP contribution is 2.37. The third-order valence-corrected chi connectivity index (χ3v) is 3.31. The lowest BCUT2D eigenvalue weighted by molar-refractivity contribution is -0.147. The summed E-state index contributed by atoms with van der Waals surface area (Å²) < 4.78 is 4.65. The molecule has 10 heteroatoms. The molecular weight excluding hydrogens is 328 g/mol. The number of aliphatic hydroxyl groups is 2. The highest BCUT2D eigenvalue weighted by Gasteiger charge is 2.37. The lowest BCUT2D eigenvalue weighted by Gasteiger charge is -2.29. The molecule has 0 saturated heterocycles. The molecule has 0 aliphatic heterocycles. The largest absolute Gasteiger partial charge is 0.481 e. The van der Waals surface area contributed by atoms with Crippen molar-refractivity contribution in [1.29, 1.82) is 0 Å². The van der Waals surface area contributed by atoms with Gasteiger partial charge in [-0.05, 0) is 12.8 Å². The van der Waals surface area contributed by atoms with Gasteiger partial charge in [0.05, 0.1) is 25.9 Å². The molecule has 5 N–H and O–H groups in total. The molecule has 138 valence electrons. The van der Waals surface area contributed by atoms with Crippen LogP contribution in [0.2, 0.25) is 0 Å². The zero-order valence-electron chi connectivity index (χ0n) is 13.0. The Balaban J connectivity index is 4.74. The van der Waals surface area contributed by atoms with Gasteiger partial charge in [-0.2, -0.15) is 0 Å². The summed E-state index contributed by atoms with van der Waals surface area (Å²) in [6.45, 7) is -0.980. The van der Waals surface area contributed by atoms with Crippen molar-refractivity contribution in [3.63, 3.8) is 0 Å². The Kier molecular flexibility index (Phi) is 9.58. The molecule has 0 amide bonds. The maximum absolute atomic E-state index is 11.5. The van der Waals surface area contributed by atoms with Crippen molar-refractivity contribution in [2.75, 3.05) is 13.2 Å². The van der Waals surface area contributed by atoms with Crippen molar-refractivity contribution in [3.8, 4) is 0 Å². The van der Waals surface area contributed by atoms with Gasteiger partial charge in [0, 0.05) is 11.8 Å². The number of carboxylic acid groups (broad SMARTS) is 3. The van der Waals surface area contributed by atoms with E-state index in [1.807, 2.05) is 0 Å². The number of aliphatic hydroxyl groups excluding tert-OH is 2. The molecule has 0 aliphatic carbocycles. The fourth-order valence-electron chi connectivity index (χ4n) is 2.34. The van der Waals surface area contributed by atoms with E-state index in [1.54, 1.807) is 0 Å². The first-order valence-corrected chi connectivity index (χ1v) is 7.20. The first-order valence-electron chi connectivity index (χ1n) is 7.20. The minimum absolute atomic E-state index is 0.0297. The molecule has 0 spiro atoms. The average molecular weight is 350 g/mol. The summed E-state index contributed by atoms with van der Waals surface area (Å²) >= 11 is 0. The Morgan fingerprint density at radius 2 is 1.38 bits per heavy atom. The third kappa shape index (κ3) is 9.74. The molecular formula is C14H22O10. The van der Waals surface area contributed by atoms with Gasteiger partial charge in [0.15, 0.2) is 0 Å². The van der Waals surface area contributed by atoms with Gasteiger partial charge in [-0.1, -0.05) is 0 Å². The number of aliphatic carboxylic acids is 3. The first-order chi connectivity index (χ1) is 11.1. The van der Waals surface area contributed by atoms with Crippen LogP contribution in [-0.4, -0.2) is 68.7 Å². The standard InChI is InChI=1S/C14H22O10/c15-7-9(16)8-24-13(23)2-1-3-14(4-10(17)18,5-11(19)20)6-12(21)22/h9,15-16H,1-8H2,(H,17,18)(H,19,20)(H,21,22). The summed E-state index contributed by atoms with van der Waals surface area (Å²) in [6, 6.07) is 0. The molecule has 0 heterocycles. The number of carbonyl (C=O) groups excluding carboxylic acids is 1. The fraction of sp³-hybridized carbons (Fsp3) is 0.714. The zero-order chi connectivity index (χ0) is 18.8. The van der Waals surface area contributed by atoms with Gasteiger partial charge in [-0.15, -0.1) is 0 Å². The normalized spacial score (nSPS) is 12.4. The second kappa shape index (κ2) is 10.6. The summed E-state index contributed by atoms with van der Waals surface area (Å²) in [5.74, 6) is -4.71. The molecule has 0 bridgehead atoms. The summed E-state index contributed by atoms with van der Waals surface area (Å²) in [7, 11) is 0. The van der Waals surface area contributed by atoms with E-state index >= 15 is 0 Å². The quantitative estimate of drug-likeness (QED) is 0.271. The highest BCUT2D eigenvalue weighted by molar-refractivity contribution is 5.75. The maximum atomic E-state index is 11.5. The van der Waals surface area contributed by atoms with Gasteiger partial charge in [0.25, 0.3) is 0 Å². The van der Waals surface area contributed by atoms with Crippen LogP contribution < -0.4 is 0 Å². The van der Waals surface area contributed by atoms with E-state index in [2.05, 4.69) is 4.74 Å². The van der Waals surface area contributed by atoms with E-state index in [0.717, 1.165) is 0 Å². The number of hydrogen-bond acceptors (Lipinski definition) is 7. The topological polar surface area (TPSA) is 179 Å². The number of hydrogen-bond donors (Lipinski definition) is 5. The molecule has 1 unspecified atom stereocenters. The summed E-state index contributed by atoms with van der Waals surface area (Å²) in [5, 5.41) is 44.4. The van der Waals surface area contributed by atoms with Gasteiger partial charge in [0.1, 0.15) is 12.7 Å². The average Bonchev–Trinajstić information content (AvgIpc) is 2.42. The van der Waals surface area contributed by atoms with E-state index in [1.165, 1.54) is 0 Å². The smallest absolute Gasteiger partial charge is 0.305 e.